The molecule has 4 saturated carbocycles. The Balaban J connectivity index is 1.35. The molecule has 2 aliphatic heterocycles. The first-order valence-electron chi connectivity index (χ1n) is 14.1. The fraction of sp³-hybridized carbons (Fsp3) is 0.900. The third kappa shape index (κ3) is 2.21. The number of carbonyl (C=O) groups is 1. The van der Waals surface area contributed by atoms with Crippen molar-refractivity contribution in [3.8, 4) is 0 Å². The maximum atomic E-state index is 12.9. The van der Waals surface area contributed by atoms with Gasteiger partial charge in [-0.1, -0.05) is 40.7 Å². The highest BCUT2D eigenvalue weighted by Crippen LogP contribution is 2.89. The van der Waals surface area contributed by atoms with Crippen LogP contribution in [0.1, 0.15) is 87.0 Å². The summed E-state index contributed by atoms with van der Waals surface area (Å²) in [5.41, 5.74) is -1.55. The number of allylic oxidation sites excluding steroid dienone is 2. The summed E-state index contributed by atoms with van der Waals surface area (Å²) in [5.74, 6) is 0.441. The molecule has 12 unspecified atom stereocenters. The van der Waals surface area contributed by atoms with Gasteiger partial charge in [0, 0.05) is 16.7 Å². The Morgan fingerprint density at radius 1 is 1.06 bits per heavy atom. The van der Waals surface area contributed by atoms with E-state index in [1.807, 2.05) is 6.08 Å². The Hall–Kier alpha value is -0.750. The van der Waals surface area contributed by atoms with E-state index in [9.17, 15) is 15.0 Å². The van der Waals surface area contributed by atoms with Gasteiger partial charge in [-0.3, -0.25) is 4.79 Å². The Labute approximate surface area is 210 Å². The second-order valence-corrected chi connectivity index (χ2v) is 15.3. The average molecular weight is 485 g/mol. The van der Waals surface area contributed by atoms with Crippen molar-refractivity contribution in [1.82, 2.24) is 0 Å². The molecule has 0 amide bonds. The number of carbonyl (C=O) groups excluding carboxylic acids is 1. The Kier molecular flexibility index (Phi) is 4.08. The summed E-state index contributed by atoms with van der Waals surface area (Å²) in [7, 11) is 0. The zero-order valence-electron chi connectivity index (χ0n) is 22.6. The first-order valence-corrected chi connectivity index (χ1v) is 14.1. The van der Waals surface area contributed by atoms with Crippen LogP contribution < -0.4 is 0 Å². The zero-order chi connectivity index (χ0) is 25.2. The largest absolute Gasteiger partial charge is 0.388 e. The summed E-state index contributed by atoms with van der Waals surface area (Å²) in [5, 5.41) is 23.4. The lowest BCUT2D eigenvalue weighted by molar-refractivity contribution is -0.282. The van der Waals surface area contributed by atoms with Crippen LogP contribution in [0.3, 0.4) is 0 Å². The number of aliphatic hydroxyl groups excluding tert-OH is 1. The van der Waals surface area contributed by atoms with Crippen LogP contribution in [0, 0.1) is 50.7 Å². The highest BCUT2D eigenvalue weighted by atomic mass is 16.8. The average Bonchev–Trinajstić information content (AvgIpc) is 3.28. The van der Waals surface area contributed by atoms with Gasteiger partial charge in [0.2, 0.25) is 0 Å². The van der Waals surface area contributed by atoms with Gasteiger partial charge in [0.05, 0.1) is 11.7 Å². The molecule has 5 aliphatic carbocycles. The second-order valence-electron chi connectivity index (χ2n) is 15.3. The lowest BCUT2D eigenvalue weighted by atomic mass is 9.42. The standard InChI is InChI=1S/C30H44O5/c1-16-14-17-22(25(4,5)33)35-30(34-17)21(16)26(6)12-13-29-15-28(29)11-10-20(31)24(2,3)18(28)8-9-19(29)27(26,7)23(30)32/h10-11,16-19,21-23,32-33H,8-9,12-15H2,1-7H3. The zero-order valence-corrected chi connectivity index (χ0v) is 22.6. The fourth-order valence-electron chi connectivity index (χ4n) is 11.9. The molecule has 6 fully saturated rings. The maximum Gasteiger partial charge on any atom is 0.199 e. The molecule has 12 atom stereocenters. The van der Waals surface area contributed by atoms with Gasteiger partial charge in [0.25, 0.3) is 0 Å². The van der Waals surface area contributed by atoms with Gasteiger partial charge in [-0.05, 0) is 92.4 Å². The van der Waals surface area contributed by atoms with Crippen molar-refractivity contribution in [3.63, 3.8) is 0 Å². The third-order valence-electron chi connectivity index (χ3n) is 13.4. The molecule has 7 aliphatic rings. The summed E-state index contributed by atoms with van der Waals surface area (Å²) < 4.78 is 13.5. The van der Waals surface area contributed by atoms with Crippen LogP contribution in [0.5, 0.6) is 0 Å². The van der Waals surface area contributed by atoms with Gasteiger partial charge in [-0.2, -0.15) is 0 Å². The van der Waals surface area contributed by atoms with Crippen molar-refractivity contribution >= 4 is 5.78 Å². The molecule has 7 rings (SSSR count). The topological polar surface area (TPSA) is 76.0 Å². The van der Waals surface area contributed by atoms with Gasteiger partial charge >= 0.3 is 0 Å². The molecular weight excluding hydrogens is 440 g/mol. The van der Waals surface area contributed by atoms with E-state index < -0.39 is 23.6 Å². The van der Waals surface area contributed by atoms with Gasteiger partial charge in [-0.15, -0.1) is 0 Å². The molecule has 2 saturated heterocycles. The summed E-state index contributed by atoms with van der Waals surface area (Å²) in [4.78, 5) is 12.9. The van der Waals surface area contributed by atoms with Gasteiger partial charge < -0.3 is 19.7 Å². The lowest BCUT2D eigenvalue weighted by Crippen LogP contribution is -2.59. The van der Waals surface area contributed by atoms with Gasteiger partial charge in [0.15, 0.2) is 11.6 Å². The van der Waals surface area contributed by atoms with E-state index in [1.165, 1.54) is 0 Å². The van der Waals surface area contributed by atoms with E-state index in [2.05, 4.69) is 40.7 Å². The minimum atomic E-state index is -1.04. The Bertz CT molecular complexity index is 1040. The number of rotatable bonds is 1. The van der Waals surface area contributed by atoms with Crippen molar-refractivity contribution in [2.24, 2.45) is 50.7 Å². The van der Waals surface area contributed by atoms with E-state index >= 15 is 0 Å². The highest BCUT2D eigenvalue weighted by Gasteiger charge is 2.87. The van der Waals surface area contributed by atoms with Gasteiger partial charge in [0.1, 0.15) is 12.2 Å². The number of hydrogen-bond acceptors (Lipinski definition) is 5. The molecule has 194 valence electrons. The predicted octanol–water partition coefficient (Wildman–Crippen LogP) is 4.64. The minimum Gasteiger partial charge on any atom is -0.388 e. The fourth-order valence-corrected chi connectivity index (χ4v) is 11.9. The van der Waals surface area contributed by atoms with E-state index in [1.54, 1.807) is 13.8 Å². The molecule has 5 heteroatoms. The van der Waals surface area contributed by atoms with Crippen LogP contribution in [-0.4, -0.2) is 45.7 Å². The summed E-state index contributed by atoms with van der Waals surface area (Å²) in [6.45, 7) is 15.0. The molecule has 0 aromatic carbocycles. The first-order chi connectivity index (χ1) is 16.1. The third-order valence-corrected chi connectivity index (χ3v) is 13.4. The SMILES string of the molecule is CC1CC2OC3(OC2C(C)(C)O)C1C1(C)CCC24CC25C=CC(=O)C(C)(C)C5CCC4C1(C)C3O. The van der Waals surface area contributed by atoms with Crippen LogP contribution in [0.15, 0.2) is 12.2 Å². The summed E-state index contributed by atoms with van der Waals surface area (Å²) >= 11 is 0. The molecule has 0 radical (unpaired) electrons. The molecule has 5 nitrogen and oxygen atoms in total. The van der Waals surface area contributed by atoms with Crippen molar-refractivity contribution in [3.05, 3.63) is 12.2 Å². The number of ketones is 1. The van der Waals surface area contributed by atoms with Gasteiger partial charge in [-0.25, -0.2) is 0 Å². The van der Waals surface area contributed by atoms with Crippen molar-refractivity contribution < 1.29 is 24.5 Å². The second kappa shape index (κ2) is 6.11. The lowest BCUT2D eigenvalue weighted by Gasteiger charge is -2.62. The smallest absolute Gasteiger partial charge is 0.199 e. The highest BCUT2D eigenvalue weighted by molar-refractivity contribution is 5.96. The molecule has 0 aromatic rings. The van der Waals surface area contributed by atoms with Crippen LogP contribution in [0.2, 0.25) is 0 Å². The van der Waals surface area contributed by atoms with E-state index in [-0.39, 0.29) is 44.9 Å². The monoisotopic (exact) mass is 484 g/mol. The first kappa shape index (κ1) is 23.4. The van der Waals surface area contributed by atoms with Crippen molar-refractivity contribution in [2.45, 2.75) is 117 Å². The van der Waals surface area contributed by atoms with E-state index in [0.29, 0.717) is 17.8 Å². The molecule has 35 heavy (non-hydrogen) atoms. The number of ether oxygens (including phenoxy) is 2. The number of hydrogen-bond donors (Lipinski definition) is 2. The van der Waals surface area contributed by atoms with Crippen molar-refractivity contribution in [2.75, 3.05) is 0 Å². The van der Waals surface area contributed by atoms with Crippen LogP contribution in [0.25, 0.3) is 0 Å². The quantitative estimate of drug-likeness (QED) is 0.567. The Morgan fingerprint density at radius 2 is 1.74 bits per heavy atom. The minimum absolute atomic E-state index is 0.0873. The molecule has 3 spiro atoms. The normalized spacial score (nSPS) is 61.4. The summed E-state index contributed by atoms with van der Waals surface area (Å²) in [6.07, 6.45) is 9.13. The van der Waals surface area contributed by atoms with Crippen LogP contribution in [-0.2, 0) is 14.3 Å². The van der Waals surface area contributed by atoms with E-state index in [0.717, 1.165) is 38.5 Å². The molecule has 2 N–H and O–H groups in total. The summed E-state index contributed by atoms with van der Waals surface area (Å²) in [6, 6.07) is 0. The van der Waals surface area contributed by atoms with Crippen LogP contribution >= 0.6 is 0 Å². The molecule has 0 aromatic heterocycles. The van der Waals surface area contributed by atoms with E-state index in [4.69, 9.17) is 9.47 Å². The maximum absolute atomic E-state index is 12.9. The molecular formula is C30H44O5. The number of fused-ring (bicyclic) bond motifs is 4. The Morgan fingerprint density at radius 3 is 2.43 bits per heavy atom. The molecule has 2 heterocycles. The molecule has 2 bridgehead atoms. The van der Waals surface area contributed by atoms with Crippen LogP contribution in [0.4, 0.5) is 0 Å². The number of aliphatic hydroxyl groups is 2. The predicted molar refractivity (Wildman–Crippen MR) is 131 cm³/mol. The van der Waals surface area contributed by atoms with Crippen molar-refractivity contribution in [1.29, 1.82) is 0 Å².